The second kappa shape index (κ2) is 6.25. The van der Waals surface area contributed by atoms with Crippen LogP contribution >= 0.6 is 0 Å². The summed E-state index contributed by atoms with van der Waals surface area (Å²) in [4.78, 5) is 11.7. The number of fused-ring (bicyclic) bond motifs is 2. The topological polar surface area (TPSA) is 47.6 Å². The highest BCUT2D eigenvalue weighted by Crippen LogP contribution is 2.66. The third kappa shape index (κ3) is 2.85. The molecule has 0 spiro atoms. The summed E-state index contributed by atoms with van der Waals surface area (Å²) in [6, 6.07) is -0.251. The molecular weight excluding hydrogens is 266 g/mol. The summed E-state index contributed by atoms with van der Waals surface area (Å²) >= 11 is 0. The van der Waals surface area contributed by atoms with Crippen molar-refractivity contribution in [3.63, 3.8) is 0 Å². The quantitative estimate of drug-likeness (QED) is 0.734. The Kier molecular flexibility index (Phi) is 4.99. The first-order valence-electron chi connectivity index (χ1n) is 8.29. The fourth-order valence-corrected chi connectivity index (χ4v) is 4.40. The van der Waals surface area contributed by atoms with Gasteiger partial charge in [-0.25, -0.2) is 0 Å². The highest BCUT2D eigenvalue weighted by Gasteiger charge is 2.61. The fourth-order valence-electron chi connectivity index (χ4n) is 4.40. The van der Waals surface area contributed by atoms with Gasteiger partial charge in [0.1, 0.15) is 6.04 Å². The minimum absolute atomic E-state index is 0.195. The molecule has 0 aromatic rings. The van der Waals surface area contributed by atoms with E-state index >= 15 is 0 Å². The van der Waals surface area contributed by atoms with Crippen molar-refractivity contribution in [1.82, 2.24) is 5.32 Å². The number of hydrogen-bond acceptors (Lipinski definition) is 4. The Bertz CT molecular complexity index is 382. The van der Waals surface area contributed by atoms with Gasteiger partial charge in [0.2, 0.25) is 0 Å². The molecule has 1 N–H and O–H groups in total. The molecule has 0 aliphatic heterocycles. The first-order valence-corrected chi connectivity index (χ1v) is 8.29. The van der Waals surface area contributed by atoms with E-state index in [1.807, 2.05) is 6.92 Å². The zero-order valence-electron chi connectivity index (χ0n) is 14.2. The number of nitrogens with one attached hydrogen (secondary N) is 1. The largest absolute Gasteiger partial charge is 0.468 e. The van der Waals surface area contributed by atoms with Crippen molar-refractivity contribution < 1.29 is 14.3 Å². The third-order valence-electron chi connectivity index (χ3n) is 6.38. The highest BCUT2D eigenvalue weighted by atomic mass is 16.5. The number of likely N-dealkylation sites (N-methyl/N-ethyl adjacent to an activating group) is 1. The highest BCUT2D eigenvalue weighted by molar-refractivity contribution is 5.75. The molecule has 4 heteroatoms. The lowest BCUT2D eigenvalue weighted by molar-refractivity contribution is -0.144. The van der Waals surface area contributed by atoms with Crippen LogP contribution < -0.4 is 5.32 Å². The number of ether oxygens (including phenoxy) is 2. The Labute approximate surface area is 129 Å². The number of methoxy groups -OCH3 is 1. The third-order valence-corrected chi connectivity index (χ3v) is 6.38. The zero-order valence-corrected chi connectivity index (χ0v) is 14.2. The van der Waals surface area contributed by atoms with Gasteiger partial charge in [-0.3, -0.25) is 4.79 Å². The zero-order chi connectivity index (χ0) is 15.7. The van der Waals surface area contributed by atoms with Gasteiger partial charge in [0, 0.05) is 6.61 Å². The fraction of sp³-hybridized carbons (Fsp3) is 0.941. The number of esters is 1. The van der Waals surface area contributed by atoms with Crippen LogP contribution in [-0.2, 0) is 14.3 Å². The molecule has 0 heterocycles. The van der Waals surface area contributed by atoms with E-state index in [-0.39, 0.29) is 17.4 Å². The van der Waals surface area contributed by atoms with E-state index in [9.17, 15) is 4.79 Å². The summed E-state index contributed by atoms with van der Waals surface area (Å²) in [6.45, 7) is 10.5. The lowest BCUT2D eigenvalue weighted by Crippen LogP contribution is -2.40. The number of carbonyl (C=O) groups is 1. The monoisotopic (exact) mass is 297 g/mol. The first-order chi connectivity index (χ1) is 9.86. The van der Waals surface area contributed by atoms with Crippen LogP contribution in [0.25, 0.3) is 0 Å². The second-order valence-corrected chi connectivity index (χ2v) is 7.39. The van der Waals surface area contributed by atoms with Gasteiger partial charge in [0.25, 0.3) is 0 Å². The molecule has 2 rings (SSSR count). The minimum atomic E-state index is -0.251. The lowest BCUT2D eigenvalue weighted by Gasteiger charge is -2.39. The van der Waals surface area contributed by atoms with Crippen molar-refractivity contribution in [2.45, 2.75) is 65.5 Å². The van der Waals surface area contributed by atoms with Gasteiger partial charge >= 0.3 is 5.97 Å². The Balaban J connectivity index is 1.85. The van der Waals surface area contributed by atoms with Gasteiger partial charge in [0.15, 0.2) is 0 Å². The summed E-state index contributed by atoms with van der Waals surface area (Å²) in [7, 11) is 1.44. The van der Waals surface area contributed by atoms with E-state index in [0.717, 1.165) is 12.5 Å². The molecule has 0 aromatic heterocycles. The van der Waals surface area contributed by atoms with E-state index in [4.69, 9.17) is 9.47 Å². The molecule has 0 aromatic carbocycles. The Morgan fingerprint density at radius 1 is 1.38 bits per heavy atom. The summed E-state index contributed by atoms with van der Waals surface area (Å²) in [5.41, 5.74) is 0.664. The van der Waals surface area contributed by atoms with Crippen molar-refractivity contribution in [3.05, 3.63) is 0 Å². The molecule has 2 aliphatic rings. The predicted molar refractivity (Wildman–Crippen MR) is 83.1 cm³/mol. The van der Waals surface area contributed by atoms with Gasteiger partial charge in [-0.1, -0.05) is 27.7 Å². The van der Waals surface area contributed by atoms with Crippen LogP contribution in [0.5, 0.6) is 0 Å². The maximum absolute atomic E-state index is 11.7. The number of hydrogen-bond donors (Lipinski definition) is 1. The lowest BCUT2D eigenvalue weighted by atomic mass is 9.70. The van der Waals surface area contributed by atoms with Crippen molar-refractivity contribution >= 4 is 5.97 Å². The Hall–Kier alpha value is -0.610. The molecule has 4 unspecified atom stereocenters. The summed E-state index contributed by atoms with van der Waals surface area (Å²) in [5, 5.41) is 3.16. The maximum atomic E-state index is 11.7. The van der Waals surface area contributed by atoms with Crippen LogP contribution in [0.4, 0.5) is 0 Å². The Morgan fingerprint density at radius 2 is 2.10 bits per heavy atom. The molecule has 122 valence electrons. The van der Waals surface area contributed by atoms with E-state index in [0.29, 0.717) is 24.5 Å². The van der Waals surface area contributed by atoms with Crippen LogP contribution in [-0.4, -0.2) is 38.4 Å². The summed E-state index contributed by atoms with van der Waals surface area (Å²) in [5.74, 6) is 0.595. The van der Waals surface area contributed by atoms with Gasteiger partial charge in [-0.15, -0.1) is 0 Å². The van der Waals surface area contributed by atoms with Gasteiger partial charge < -0.3 is 14.8 Å². The molecule has 21 heavy (non-hydrogen) atoms. The van der Waals surface area contributed by atoms with Crippen molar-refractivity contribution in [1.29, 1.82) is 0 Å². The molecule has 2 saturated carbocycles. The van der Waals surface area contributed by atoms with E-state index in [2.05, 4.69) is 26.1 Å². The van der Waals surface area contributed by atoms with E-state index in [1.54, 1.807) is 0 Å². The average Bonchev–Trinajstić information content (AvgIpc) is 2.78. The predicted octanol–water partition coefficient (Wildman–Crippen LogP) is 2.76. The number of rotatable bonds is 7. The van der Waals surface area contributed by atoms with Crippen LogP contribution in [0.3, 0.4) is 0 Å². The van der Waals surface area contributed by atoms with Crippen LogP contribution in [0, 0.1) is 16.7 Å². The second-order valence-electron chi connectivity index (χ2n) is 7.39. The molecule has 4 atom stereocenters. The van der Waals surface area contributed by atoms with Crippen LogP contribution in [0.1, 0.15) is 53.4 Å². The molecule has 2 aliphatic carbocycles. The SMILES string of the molecule is CCNC(CCOC1CC2CCC1(C)C2(C)C)C(=O)OC. The van der Waals surface area contributed by atoms with Crippen LogP contribution in [0.15, 0.2) is 0 Å². The molecule has 0 amide bonds. The standard InChI is InChI=1S/C17H31NO3/c1-6-18-13(15(19)20-5)8-10-21-14-11-12-7-9-17(14,4)16(12,2)3/h12-14,18H,6-11H2,1-5H3. The van der Waals surface area contributed by atoms with E-state index < -0.39 is 0 Å². The van der Waals surface area contributed by atoms with Crippen molar-refractivity contribution in [3.8, 4) is 0 Å². The van der Waals surface area contributed by atoms with Crippen molar-refractivity contribution in [2.75, 3.05) is 20.3 Å². The normalized spacial score (nSPS) is 34.9. The van der Waals surface area contributed by atoms with Gasteiger partial charge in [-0.05, 0) is 49.0 Å². The Morgan fingerprint density at radius 3 is 2.57 bits per heavy atom. The minimum Gasteiger partial charge on any atom is -0.468 e. The van der Waals surface area contributed by atoms with E-state index in [1.165, 1.54) is 26.4 Å². The molecule has 2 bridgehead atoms. The van der Waals surface area contributed by atoms with Crippen molar-refractivity contribution in [2.24, 2.45) is 16.7 Å². The number of carbonyl (C=O) groups excluding carboxylic acids is 1. The first kappa shape index (κ1) is 16.8. The maximum Gasteiger partial charge on any atom is 0.322 e. The molecule has 4 nitrogen and oxygen atoms in total. The molecule has 0 radical (unpaired) electrons. The molecular formula is C17H31NO3. The van der Waals surface area contributed by atoms with Gasteiger partial charge in [0.05, 0.1) is 13.2 Å². The van der Waals surface area contributed by atoms with Crippen LogP contribution in [0.2, 0.25) is 0 Å². The van der Waals surface area contributed by atoms with Gasteiger partial charge in [-0.2, -0.15) is 0 Å². The smallest absolute Gasteiger partial charge is 0.322 e. The summed E-state index contributed by atoms with van der Waals surface area (Å²) < 4.78 is 11.0. The molecule has 0 saturated heterocycles. The average molecular weight is 297 g/mol. The molecule has 2 fully saturated rings. The summed E-state index contributed by atoms with van der Waals surface area (Å²) in [6.07, 6.45) is 4.80.